The van der Waals surface area contributed by atoms with Gasteiger partial charge in [-0.25, -0.2) is 9.97 Å². The molecule has 2 amide bonds. The van der Waals surface area contributed by atoms with Gasteiger partial charge < -0.3 is 24.7 Å². The fourth-order valence-corrected chi connectivity index (χ4v) is 3.39. The van der Waals surface area contributed by atoms with E-state index in [1.807, 2.05) is 11.8 Å². The third kappa shape index (κ3) is 5.62. The number of carbonyl (C=O) groups is 2. The smallest absolute Gasteiger partial charge is 0.316 e. The van der Waals surface area contributed by atoms with Crippen molar-refractivity contribution >= 4 is 23.5 Å². The minimum Gasteiger partial charge on any atom is -0.460 e. The Morgan fingerprint density at radius 3 is 2.73 bits per heavy atom. The predicted molar refractivity (Wildman–Crippen MR) is 119 cm³/mol. The molecule has 0 aromatic carbocycles. The van der Waals surface area contributed by atoms with E-state index in [0.717, 1.165) is 19.3 Å². The number of hydrogen-bond acceptors (Lipinski definition) is 9. The van der Waals surface area contributed by atoms with Crippen LogP contribution in [-0.2, 0) is 0 Å². The van der Waals surface area contributed by atoms with E-state index >= 15 is 0 Å². The van der Waals surface area contributed by atoms with Gasteiger partial charge in [-0.2, -0.15) is 4.98 Å². The standard InChI is InChI=1S/C22H25N7O4/c1-2-7-24-19(30)16-4-10-23-13-17(16)27-20(31)18-14-32-22(28-18)29-11-5-15(6-12-29)33-21-25-8-3-9-26-21/h3-4,8-10,13-15H,2,5-7,11-12H2,1H3,(H,24,30)(H,27,31). The van der Waals surface area contributed by atoms with Gasteiger partial charge in [0.25, 0.3) is 17.8 Å². The molecule has 1 fully saturated rings. The van der Waals surface area contributed by atoms with E-state index in [9.17, 15) is 9.59 Å². The third-order valence-corrected chi connectivity index (χ3v) is 5.10. The van der Waals surface area contributed by atoms with Crippen LogP contribution in [0, 0.1) is 0 Å². The van der Waals surface area contributed by atoms with Gasteiger partial charge in [-0.05, 0) is 18.6 Å². The first kappa shape index (κ1) is 22.2. The zero-order valence-electron chi connectivity index (χ0n) is 18.2. The normalized spacial score (nSPS) is 14.0. The lowest BCUT2D eigenvalue weighted by atomic mass is 10.1. The summed E-state index contributed by atoms with van der Waals surface area (Å²) in [6.45, 7) is 3.82. The third-order valence-electron chi connectivity index (χ3n) is 5.10. The van der Waals surface area contributed by atoms with Crippen LogP contribution in [-0.4, -0.2) is 57.5 Å². The van der Waals surface area contributed by atoms with Crippen LogP contribution in [0.4, 0.5) is 11.7 Å². The van der Waals surface area contributed by atoms with Crippen LogP contribution in [0.5, 0.6) is 6.01 Å². The molecule has 0 atom stereocenters. The summed E-state index contributed by atoms with van der Waals surface area (Å²) in [5.41, 5.74) is 0.756. The summed E-state index contributed by atoms with van der Waals surface area (Å²) in [6.07, 6.45) is 9.82. The van der Waals surface area contributed by atoms with Gasteiger partial charge in [-0.1, -0.05) is 6.92 Å². The quantitative estimate of drug-likeness (QED) is 0.529. The fourth-order valence-electron chi connectivity index (χ4n) is 3.39. The first-order valence-electron chi connectivity index (χ1n) is 10.8. The van der Waals surface area contributed by atoms with Crippen LogP contribution in [0.2, 0.25) is 0 Å². The van der Waals surface area contributed by atoms with Crippen molar-refractivity contribution in [2.45, 2.75) is 32.3 Å². The fraction of sp³-hybridized carbons (Fsp3) is 0.364. The number of ether oxygens (including phenoxy) is 1. The molecule has 11 heteroatoms. The second-order valence-electron chi connectivity index (χ2n) is 7.48. The second kappa shape index (κ2) is 10.5. The molecule has 33 heavy (non-hydrogen) atoms. The van der Waals surface area contributed by atoms with Crippen molar-refractivity contribution in [3.8, 4) is 6.01 Å². The van der Waals surface area contributed by atoms with Crippen LogP contribution < -0.4 is 20.3 Å². The van der Waals surface area contributed by atoms with Crippen LogP contribution in [0.3, 0.4) is 0 Å². The lowest BCUT2D eigenvalue weighted by molar-refractivity contribution is 0.0954. The molecule has 11 nitrogen and oxygen atoms in total. The molecule has 4 rings (SSSR count). The van der Waals surface area contributed by atoms with E-state index in [-0.39, 0.29) is 17.7 Å². The monoisotopic (exact) mass is 451 g/mol. The molecular formula is C22H25N7O4. The van der Waals surface area contributed by atoms with Gasteiger partial charge in [0.15, 0.2) is 5.69 Å². The molecule has 172 valence electrons. The molecule has 0 unspecified atom stereocenters. The lowest BCUT2D eigenvalue weighted by Crippen LogP contribution is -2.38. The van der Waals surface area contributed by atoms with Gasteiger partial charge in [0.05, 0.1) is 17.4 Å². The van der Waals surface area contributed by atoms with Gasteiger partial charge in [0, 0.05) is 51.1 Å². The number of piperidine rings is 1. The van der Waals surface area contributed by atoms with E-state index < -0.39 is 5.91 Å². The molecule has 4 heterocycles. The molecule has 1 saturated heterocycles. The van der Waals surface area contributed by atoms with E-state index in [1.165, 1.54) is 18.7 Å². The Hall–Kier alpha value is -4.02. The Morgan fingerprint density at radius 2 is 1.97 bits per heavy atom. The zero-order chi connectivity index (χ0) is 23.0. The molecule has 3 aromatic heterocycles. The largest absolute Gasteiger partial charge is 0.460 e. The highest BCUT2D eigenvalue weighted by molar-refractivity contribution is 6.08. The van der Waals surface area contributed by atoms with Crippen molar-refractivity contribution in [1.82, 2.24) is 25.3 Å². The maximum atomic E-state index is 12.7. The van der Waals surface area contributed by atoms with Crippen molar-refractivity contribution in [2.75, 3.05) is 29.9 Å². The second-order valence-corrected chi connectivity index (χ2v) is 7.48. The molecule has 2 N–H and O–H groups in total. The first-order valence-corrected chi connectivity index (χ1v) is 10.8. The molecular weight excluding hydrogens is 426 g/mol. The topological polar surface area (TPSA) is 135 Å². The number of anilines is 2. The lowest BCUT2D eigenvalue weighted by Gasteiger charge is -2.30. The number of nitrogens with zero attached hydrogens (tertiary/aromatic N) is 5. The Morgan fingerprint density at radius 1 is 1.18 bits per heavy atom. The number of aromatic nitrogens is 4. The predicted octanol–water partition coefficient (Wildman–Crippen LogP) is 2.30. The van der Waals surface area contributed by atoms with Crippen molar-refractivity contribution in [3.63, 3.8) is 0 Å². The average Bonchev–Trinajstić information content (AvgIpc) is 3.35. The summed E-state index contributed by atoms with van der Waals surface area (Å²) < 4.78 is 11.3. The number of oxazole rings is 1. The van der Waals surface area contributed by atoms with E-state index in [2.05, 4.69) is 30.6 Å². The number of hydrogen-bond donors (Lipinski definition) is 2. The van der Waals surface area contributed by atoms with E-state index in [0.29, 0.717) is 42.9 Å². The zero-order valence-corrected chi connectivity index (χ0v) is 18.2. The highest BCUT2D eigenvalue weighted by atomic mass is 16.5. The number of amides is 2. The SMILES string of the molecule is CCCNC(=O)c1ccncc1NC(=O)c1coc(N2CCC(Oc3ncccn3)CC2)n1. The van der Waals surface area contributed by atoms with Gasteiger partial charge in [0.2, 0.25) is 0 Å². The molecule has 0 aliphatic carbocycles. The van der Waals surface area contributed by atoms with Crippen molar-refractivity contribution in [2.24, 2.45) is 0 Å². The Kier molecular flexibility index (Phi) is 7.08. The Bertz CT molecular complexity index is 1080. The number of nitrogens with one attached hydrogen (secondary N) is 2. The van der Waals surface area contributed by atoms with Crippen LogP contribution in [0.25, 0.3) is 0 Å². The highest BCUT2D eigenvalue weighted by Crippen LogP contribution is 2.22. The maximum Gasteiger partial charge on any atom is 0.316 e. The summed E-state index contributed by atoms with van der Waals surface area (Å²) in [5.74, 6) is -0.761. The van der Waals surface area contributed by atoms with Crippen LogP contribution >= 0.6 is 0 Å². The van der Waals surface area contributed by atoms with Gasteiger partial charge >= 0.3 is 6.01 Å². The van der Waals surface area contributed by atoms with Crippen LogP contribution in [0.15, 0.2) is 47.6 Å². The van der Waals surface area contributed by atoms with Crippen molar-refractivity contribution < 1.29 is 18.7 Å². The van der Waals surface area contributed by atoms with Gasteiger partial charge in [0.1, 0.15) is 12.4 Å². The average molecular weight is 451 g/mol. The van der Waals surface area contributed by atoms with Crippen molar-refractivity contribution in [1.29, 1.82) is 0 Å². The van der Waals surface area contributed by atoms with Gasteiger partial charge in [-0.15, -0.1) is 0 Å². The molecule has 0 spiro atoms. The number of rotatable bonds is 8. The highest BCUT2D eigenvalue weighted by Gasteiger charge is 2.25. The summed E-state index contributed by atoms with van der Waals surface area (Å²) in [6, 6.07) is 4.02. The molecule has 0 bridgehead atoms. The van der Waals surface area contributed by atoms with E-state index in [4.69, 9.17) is 9.15 Å². The minimum absolute atomic E-state index is 0.00392. The minimum atomic E-state index is -0.484. The summed E-state index contributed by atoms with van der Waals surface area (Å²) in [5, 5.41) is 5.49. The van der Waals surface area contributed by atoms with Crippen molar-refractivity contribution in [3.05, 3.63) is 54.4 Å². The van der Waals surface area contributed by atoms with Crippen LogP contribution in [0.1, 0.15) is 47.0 Å². The summed E-state index contributed by atoms with van der Waals surface area (Å²) in [4.78, 5) is 43.5. The molecule has 0 radical (unpaired) electrons. The molecule has 3 aromatic rings. The van der Waals surface area contributed by atoms with E-state index in [1.54, 1.807) is 24.5 Å². The first-order chi connectivity index (χ1) is 16.1. The Labute approximate surface area is 190 Å². The summed E-state index contributed by atoms with van der Waals surface area (Å²) in [7, 11) is 0. The summed E-state index contributed by atoms with van der Waals surface area (Å²) >= 11 is 0. The maximum absolute atomic E-state index is 12.7. The number of pyridine rings is 1. The van der Waals surface area contributed by atoms with Gasteiger partial charge in [-0.3, -0.25) is 14.6 Å². The number of carbonyl (C=O) groups excluding carboxylic acids is 2. The molecule has 0 saturated carbocycles. The molecule has 1 aliphatic rings. The molecule has 1 aliphatic heterocycles. The Balaban J connectivity index is 1.34.